The second kappa shape index (κ2) is 24.8. The number of piperidine rings is 2. The third-order valence-corrected chi connectivity index (χ3v) is 17.1. The molecule has 8 aromatic rings. The van der Waals surface area contributed by atoms with E-state index in [1.54, 1.807) is 90.2 Å². The van der Waals surface area contributed by atoms with Crippen molar-refractivity contribution in [2.75, 3.05) is 66.2 Å². The van der Waals surface area contributed by atoms with Gasteiger partial charge in [-0.3, -0.25) is 29.2 Å². The lowest BCUT2D eigenvalue weighted by Gasteiger charge is -2.31. The van der Waals surface area contributed by atoms with E-state index in [2.05, 4.69) is 71.7 Å². The van der Waals surface area contributed by atoms with E-state index in [0.29, 0.717) is 98.0 Å². The molecule has 4 aliphatic heterocycles. The molecule has 2 fully saturated rings. The van der Waals surface area contributed by atoms with Crippen LogP contribution in [-0.2, 0) is 52.6 Å². The molecule has 0 saturated carbocycles. The number of alkyl halides is 6. The van der Waals surface area contributed by atoms with Crippen molar-refractivity contribution in [1.82, 2.24) is 49.3 Å². The number of rotatable bonds is 15. The van der Waals surface area contributed by atoms with Gasteiger partial charge in [0.15, 0.2) is 11.6 Å². The highest BCUT2D eigenvalue weighted by Gasteiger charge is 2.43. The number of carbonyl (C=O) groups is 2. The average Bonchev–Trinajstić information content (AvgIpc) is 1.64. The van der Waals surface area contributed by atoms with Crippen LogP contribution in [0.15, 0.2) is 97.6 Å². The lowest BCUT2D eigenvalue weighted by molar-refractivity contribution is -0.139. The second-order valence-electron chi connectivity index (χ2n) is 23.9. The van der Waals surface area contributed by atoms with Gasteiger partial charge in [0.1, 0.15) is 41.5 Å². The molecule has 4 aromatic carbocycles. The Morgan fingerprint density at radius 3 is 1.53 bits per heavy atom. The van der Waals surface area contributed by atoms with Gasteiger partial charge in [-0.1, -0.05) is 30.8 Å². The van der Waals surface area contributed by atoms with E-state index in [1.165, 1.54) is 28.3 Å². The molecule has 0 bridgehead atoms. The molecule has 462 valence electrons. The topological polar surface area (TPSA) is 187 Å². The number of aryl methyl sites for hydroxylation is 2. The number of nitriles is 1. The maximum absolute atomic E-state index is 15.0. The molecule has 2 amide bonds. The molecule has 2 N–H and O–H groups in total. The summed E-state index contributed by atoms with van der Waals surface area (Å²) in [6.07, 6.45) is -2.38. The summed E-state index contributed by atoms with van der Waals surface area (Å²) >= 11 is 0. The van der Waals surface area contributed by atoms with Crippen LogP contribution in [0.1, 0.15) is 112 Å². The number of carbonyl (C=O) groups excluding carboxylic acids is 2. The van der Waals surface area contributed by atoms with Gasteiger partial charge in [-0.15, -0.1) is 20.4 Å². The molecule has 4 aliphatic rings. The van der Waals surface area contributed by atoms with Crippen molar-refractivity contribution in [3.05, 3.63) is 158 Å². The highest BCUT2D eigenvalue weighted by Crippen LogP contribution is 2.44. The Hall–Kier alpha value is -9.52. The largest absolute Gasteiger partial charge is 0.416 e. The molecule has 2 saturated heterocycles. The van der Waals surface area contributed by atoms with Crippen molar-refractivity contribution in [3.8, 4) is 57.2 Å². The van der Waals surface area contributed by atoms with Crippen LogP contribution in [0.2, 0.25) is 0 Å². The summed E-state index contributed by atoms with van der Waals surface area (Å²) in [6, 6.07) is 28.2. The van der Waals surface area contributed by atoms with Gasteiger partial charge in [0.25, 0.3) is 18.4 Å². The zero-order valence-corrected chi connectivity index (χ0v) is 50.3. The molecule has 90 heavy (non-hydrogen) atoms. The van der Waals surface area contributed by atoms with Gasteiger partial charge < -0.3 is 19.8 Å². The van der Waals surface area contributed by atoms with Crippen molar-refractivity contribution in [2.45, 2.75) is 85.0 Å². The first kappa shape index (κ1) is 60.8. The van der Waals surface area contributed by atoms with E-state index >= 15 is 13.2 Å². The minimum Gasteiger partial charge on any atom is -0.370 e. The van der Waals surface area contributed by atoms with Crippen LogP contribution in [-0.4, -0.2) is 107 Å². The first-order valence-corrected chi connectivity index (χ1v) is 30.1. The van der Waals surface area contributed by atoms with Crippen LogP contribution in [0.4, 0.5) is 49.6 Å². The smallest absolute Gasteiger partial charge is 0.370 e. The minimum atomic E-state index is -4.74. The first-order chi connectivity index (χ1) is 43.2. The quantitative estimate of drug-likeness (QED) is 0.0730. The van der Waals surface area contributed by atoms with Crippen LogP contribution >= 0.6 is 0 Å². The fraction of sp³-hybridized carbons (Fsp3) is 0.364. The van der Waals surface area contributed by atoms with Gasteiger partial charge in [0.05, 0.1) is 42.4 Å². The van der Waals surface area contributed by atoms with Gasteiger partial charge >= 0.3 is 18.4 Å². The van der Waals surface area contributed by atoms with Gasteiger partial charge in [-0.2, -0.15) is 31.6 Å². The second-order valence-corrected chi connectivity index (χ2v) is 23.9. The number of halogens is 6. The zero-order chi connectivity index (χ0) is 63.2. The number of amides is 2. The van der Waals surface area contributed by atoms with Crippen LogP contribution in [0, 0.1) is 29.2 Å². The van der Waals surface area contributed by atoms with Crippen molar-refractivity contribution in [2.24, 2.45) is 25.9 Å². The Balaban J connectivity index is 0.838. The summed E-state index contributed by atoms with van der Waals surface area (Å²) in [4.78, 5) is 50.1. The van der Waals surface area contributed by atoms with Crippen LogP contribution in [0.25, 0.3) is 49.9 Å². The van der Waals surface area contributed by atoms with Crippen LogP contribution < -0.4 is 20.4 Å². The highest BCUT2D eigenvalue weighted by molar-refractivity contribution is 6.11. The summed E-state index contributed by atoms with van der Waals surface area (Å²) in [5.74, 6) is 1.46. The molecule has 12 rings (SSSR count). The Labute approximate surface area is 516 Å². The Kier molecular flexibility index (Phi) is 16.7. The van der Waals surface area contributed by atoms with E-state index in [4.69, 9.17) is 9.97 Å². The van der Waals surface area contributed by atoms with Crippen molar-refractivity contribution >= 4 is 35.1 Å². The maximum atomic E-state index is 15.0. The molecular formula is C66H65F6N16O2+. The average molecular weight is 1230 g/mol. The number of anilines is 4. The first-order valence-electron chi connectivity index (χ1n) is 30.1. The predicted molar refractivity (Wildman–Crippen MR) is 329 cm³/mol. The van der Waals surface area contributed by atoms with E-state index in [-0.39, 0.29) is 72.4 Å². The summed E-state index contributed by atoms with van der Waals surface area (Å²) in [5, 5.41) is 33.4. The Morgan fingerprint density at radius 2 is 1.09 bits per heavy atom. The lowest BCUT2D eigenvalue weighted by atomic mass is 9.96. The van der Waals surface area contributed by atoms with E-state index in [1.807, 2.05) is 19.1 Å². The summed E-state index contributed by atoms with van der Waals surface area (Å²) in [6.45, 7) is 9.82. The molecule has 18 nitrogen and oxygen atoms in total. The number of hydrogen-bond acceptors (Lipinski definition) is 13. The molecule has 4 aromatic heterocycles. The molecule has 24 heteroatoms. The number of pyridine rings is 2. The molecule has 0 unspecified atom stereocenters. The van der Waals surface area contributed by atoms with Gasteiger partial charge in [0, 0.05) is 69.1 Å². The summed E-state index contributed by atoms with van der Waals surface area (Å²) < 4.78 is 93.2. The Bertz CT molecular complexity index is 4210. The summed E-state index contributed by atoms with van der Waals surface area (Å²) in [5.41, 5.74) is 3.29. The standard InChI is InChI=1S/C66H65F6N16O2/c1-6-75-57-25-45(27-59(79-57)87-35-53-51(63(87)89)21-43(23-55(53)65(67,68)69)33-85-17-7-9-39(2)31-85)48-14-12-42(20-50(48)62-82-78-38-84(62)5)30-74-15-16-76-58-26-46(47-13-11-41(29-73)19-49(47)61-81-77-37-83(61)4)28-60(80-58)88-36-54-52(64(88)90)22-44(24-56(54)66(70,71)72)34-86-18-8-10-40(3)32-86/h11-14,19-28,37-40H,6-10,15-18,31-36H2,1-5H3,(H,75,79)(H,76,80)/q+1/t39-,40+/m1/s1. The van der Waals surface area contributed by atoms with Crippen LogP contribution in [0.5, 0.6) is 0 Å². The number of likely N-dealkylation sites (tertiary alicyclic amines) is 2. The zero-order valence-electron chi connectivity index (χ0n) is 50.3. The Morgan fingerprint density at radius 1 is 0.611 bits per heavy atom. The lowest BCUT2D eigenvalue weighted by Crippen LogP contribution is -2.33. The molecule has 0 aliphatic carbocycles. The third kappa shape index (κ3) is 12.6. The fourth-order valence-corrected chi connectivity index (χ4v) is 12.9. The maximum Gasteiger partial charge on any atom is 0.416 e. The molecular weight excluding hydrogens is 1160 g/mol. The van der Waals surface area contributed by atoms with Crippen molar-refractivity contribution in [1.29, 1.82) is 5.26 Å². The molecule has 8 heterocycles. The minimum absolute atomic E-state index is 0.00398. The number of benzene rings is 4. The number of hydrogen-bond donors (Lipinski definition) is 2. The fourth-order valence-electron chi connectivity index (χ4n) is 12.9. The highest BCUT2D eigenvalue weighted by atomic mass is 19.4. The summed E-state index contributed by atoms with van der Waals surface area (Å²) in [7, 11) is 3.54. The number of fused-ring (bicyclic) bond motifs is 2. The predicted octanol–water partition coefficient (Wildman–Crippen LogP) is 12.3. The molecule has 0 radical (unpaired) electrons. The third-order valence-electron chi connectivity index (χ3n) is 17.1. The van der Waals surface area contributed by atoms with Gasteiger partial charge in [0.2, 0.25) is 0 Å². The molecule has 0 spiro atoms. The van der Waals surface area contributed by atoms with E-state index < -0.39 is 35.3 Å². The number of nitrogens with one attached hydrogen (secondary N) is 2. The monoisotopic (exact) mass is 1230 g/mol. The molecule has 2 atom stereocenters. The van der Waals surface area contributed by atoms with E-state index in [9.17, 15) is 28.0 Å². The van der Waals surface area contributed by atoms with Crippen molar-refractivity contribution in [3.63, 3.8) is 0 Å². The van der Waals surface area contributed by atoms with E-state index in [0.717, 1.165) is 51.9 Å². The van der Waals surface area contributed by atoms with Crippen molar-refractivity contribution < 1.29 is 35.9 Å². The SMILES string of the molecule is CCNc1cc(-c2ccc(C#[N+]CCNc3cc(-c4ccc(C#N)cc4-c4nncn4C)cc(N4Cc5c(cc(CN6CCC[C@H](C)C6)cc5C(F)(F)F)C4=O)n3)cc2-c2nncn2C)cc(N2Cc3c(cc(CN4CCC[C@@H](C)C4)cc3C(F)(F)F)C2=O)n1. The number of aromatic nitrogens is 8. The number of nitrogens with zero attached hydrogens (tertiary/aromatic N) is 14. The van der Waals surface area contributed by atoms with Gasteiger partial charge in [-0.25, -0.2) is 9.97 Å². The van der Waals surface area contributed by atoms with Gasteiger partial charge in [-0.05, 0) is 175 Å². The normalized spacial score (nSPS) is 17.1. The van der Waals surface area contributed by atoms with Crippen LogP contribution in [0.3, 0.4) is 0 Å².